The fourth-order valence-electron chi connectivity index (χ4n) is 3.04. The highest BCUT2D eigenvalue weighted by atomic mass is 35.5. The molecule has 1 aliphatic rings. The number of nitrogens with zero attached hydrogens (tertiary/aromatic N) is 1. The summed E-state index contributed by atoms with van der Waals surface area (Å²) in [7, 11) is 0. The molecule has 1 amide bonds. The molecule has 1 fully saturated rings. The van der Waals surface area contributed by atoms with Gasteiger partial charge in [-0.1, -0.05) is 42.5 Å². The normalized spacial score (nSPS) is 18.6. The van der Waals surface area contributed by atoms with Crippen molar-refractivity contribution in [1.82, 2.24) is 4.90 Å². The summed E-state index contributed by atoms with van der Waals surface area (Å²) in [5, 5.41) is 2.36. The van der Waals surface area contributed by atoms with Crippen LogP contribution in [0.4, 0.5) is 0 Å². The molecule has 1 unspecified atom stereocenters. The molecule has 2 aromatic rings. The number of benzene rings is 2. The molecule has 20 heavy (non-hydrogen) atoms. The molecule has 0 bridgehead atoms. The van der Waals surface area contributed by atoms with Crippen molar-refractivity contribution in [3.8, 4) is 0 Å². The summed E-state index contributed by atoms with van der Waals surface area (Å²) in [6, 6.07) is 14.6. The van der Waals surface area contributed by atoms with Crippen LogP contribution in [0.5, 0.6) is 0 Å². The molecule has 104 valence electrons. The molecular weight excluding hydrogens is 270 g/mol. The number of alkyl halides is 1. The summed E-state index contributed by atoms with van der Waals surface area (Å²) < 4.78 is 0. The van der Waals surface area contributed by atoms with Gasteiger partial charge in [0.05, 0.1) is 6.42 Å². The smallest absolute Gasteiger partial charge is 0.227 e. The third-order valence-corrected chi connectivity index (χ3v) is 4.45. The second-order valence-electron chi connectivity index (χ2n) is 5.35. The summed E-state index contributed by atoms with van der Waals surface area (Å²) in [5.74, 6) is 0.742. The molecule has 0 aliphatic carbocycles. The number of rotatable bonds is 3. The van der Waals surface area contributed by atoms with Crippen molar-refractivity contribution in [2.24, 2.45) is 0 Å². The Morgan fingerprint density at radius 1 is 1.20 bits per heavy atom. The van der Waals surface area contributed by atoms with E-state index in [0.29, 0.717) is 12.3 Å². The van der Waals surface area contributed by atoms with Gasteiger partial charge in [-0.2, -0.15) is 0 Å². The van der Waals surface area contributed by atoms with Crippen LogP contribution in [0.25, 0.3) is 10.8 Å². The van der Waals surface area contributed by atoms with Crippen LogP contribution in [0.15, 0.2) is 42.5 Å². The van der Waals surface area contributed by atoms with Crippen molar-refractivity contribution in [3.05, 3.63) is 48.0 Å². The first-order valence-corrected chi connectivity index (χ1v) is 7.65. The second kappa shape index (κ2) is 5.84. The zero-order chi connectivity index (χ0) is 13.9. The Kier molecular flexibility index (Phi) is 3.93. The van der Waals surface area contributed by atoms with Crippen LogP contribution < -0.4 is 0 Å². The van der Waals surface area contributed by atoms with Crippen molar-refractivity contribution in [2.45, 2.75) is 25.3 Å². The van der Waals surface area contributed by atoms with E-state index in [1.807, 2.05) is 29.2 Å². The number of likely N-dealkylation sites (tertiary alicyclic amines) is 1. The predicted molar refractivity (Wildman–Crippen MR) is 83.1 cm³/mol. The molecule has 1 aliphatic heterocycles. The van der Waals surface area contributed by atoms with Crippen LogP contribution in [0.2, 0.25) is 0 Å². The Morgan fingerprint density at radius 2 is 2.00 bits per heavy atom. The number of amides is 1. The van der Waals surface area contributed by atoms with Crippen LogP contribution in [0, 0.1) is 0 Å². The van der Waals surface area contributed by atoms with Gasteiger partial charge in [0.1, 0.15) is 0 Å². The highest BCUT2D eigenvalue weighted by Crippen LogP contribution is 2.23. The van der Waals surface area contributed by atoms with E-state index in [4.69, 9.17) is 11.6 Å². The predicted octanol–water partition coefficient (Wildman–Crippen LogP) is 3.61. The van der Waals surface area contributed by atoms with Gasteiger partial charge in [0.25, 0.3) is 0 Å². The van der Waals surface area contributed by atoms with E-state index in [9.17, 15) is 4.79 Å². The number of hydrogen-bond donors (Lipinski definition) is 0. The average Bonchev–Trinajstić information content (AvgIpc) is 2.96. The molecule has 1 saturated heterocycles. The Morgan fingerprint density at radius 3 is 2.85 bits per heavy atom. The molecule has 3 heteroatoms. The summed E-state index contributed by atoms with van der Waals surface area (Å²) in [4.78, 5) is 14.4. The quantitative estimate of drug-likeness (QED) is 0.790. The largest absolute Gasteiger partial charge is 0.338 e. The van der Waals surface area contributed by atoms with Crippen molar-refractivity contribution in [3.63, 3.8) is 0 Å². The fourth-order valence-corrected chi connectivity index (χ4v) is 3.36. The minimum absolute atomic E-state index is 0.199. The summed E-state index contributed by atoms with van der Waals surface area (Å²) in [5.41, 5.74) is 1.10. The van der Waals surface area contributed by atoms with Crippen molar-refractivity contribution in [1.29, 1.82) is 0 Å². The second-order valence-corrected chi connectivity index (χ2v) is 5.66. The fraction of sp³-hybridized carbons (Fsp3) is 0.353. The minimum Gasteiger partial charge on any atom is -0.338 e. The highest BCUT2D eigenvalue weighted by molar-refractivity contribution is 6.18. The van der Waals surface area contributed by atoms with Gasteiger partial charge in [-0.05, 0) is 29.2 Å². The molecular formula is C17H18ClNO. The standard InChI is InChI=1S/C17H18ClNO/c18-12-15-8-4-10-19(15)17(20)11-14-7-3-6-13-5-1-2-9-16(13)14/h1-3,5-7,9,15H,4,8,10-12H2. The van der Waals surface area contributed by atoms with Gasteiger partial charge in [-0.15, -0.1) is 11.6 Å². The van der Waals surface area contributed by atoms with Crippen LogP contribution in [0.3, 0.4) is 0 Å². The van der Waals surface area contributed by atoms with Crippen LogP contribution in [-0.2, 0) is 11.2 Å². The molecule has 3 rings (SSSR count). The number of halogens is 1. The lowest BCUT2D eigenvalue weighted by atomic mass is 10.0. The van der Waals surface area contributed by atoms with E-state index in [1.165, 1.54) is 10.8 Å². The van der Waals surface area contributed by atoms with Gasteiger partial charge in [-0.25, -0.2) is 0 Å². The Bertz CT molecular complexity index is 620. The molecule has 1 heterocycles. The maximum atomic E-state index is 12.5. The summed E-state index contributed by atoms with van der Waals surface area (Å²) in [6.07, 6.45) is 2.57. The third-order valence-electron chi connectivity index (χ3n) is 4.10. The molecule has 0 saturated carbocycles. The third kappa shape index (κ3) is 2.53. The maximum Gasteiger partial charge on any atom is 0.227 e. The van der Waals surface area contributed by atoms with Crippen molar-refractivity contribution in [2.75, 3.05) is 12.4 Å². The highest BCUT2D eigenvalue weighted by Gasteiger charge is 2.27. The van der Waals surface area contributed by atoms with E-state index >= 15 is 0 Å². The molecule has 0 N–H and O–H groups in total. The summed E-state index contributed by atoms with van der Waals surface area (Å²) in [6.45, 7) is 0.848. The van der Waals surface area contributed by atoms with Gasteiger partial charge < -0.3 is 4.90 Å². The molecule has 1 atom stereocenters. The van der Waals surface area contributed by atoms with E-state index in [2.05, 4.69) is 18.2 Å². The monoisotopic (exact) mass is 287 g/mol. The SMILES string of the molecule is O=C(Cc1cccc2ccccc12)N1CCCC1CCl. The molecule has 0 radical (unpaired) electrons. The maximum absolute atomic E-state index is 12.5. The van der Waals surface area contributed by atoms with Gasteiger partial charge in [-0.3, -0.25) is 4.79 Å². The topological polar surface area (TPSA) is 20.3 Å². The van der Waals surface area contributed by atoms with E-state index < -0.39 is 0 Å². The van der Waals surface area contributed by atoms with E-state index in [0.717, 1.165) is 24.9 Å². The summed E-state index contributed by atoms with van der Waals surface area (Å²) >= 11 is 5.95. The number of carbonyl (C=O) groups excluding carboxylic acids is 1. The first kappa shape index (κ1) is 13.4. The lowest BCUT2D eigenvalue weighted by molar-refractivity contribution is -0.130. The van der Waals surface area contributed by atoms with Gasteiger partial charge in [0.2, 0.25) is 5.91 Å². The molecule has 2 aromatic carbocycles. The Labute approximate surface area is 124 Å². The first-order valence-electron chi connectivity index (χ1n) is 7.11. The molecule has 0 aromatic heterocycles. The van der Waals surface area contributed by atoms with Crippen molar-refractivity contribution < 1.29 is 4.79 Å². The zero-order valence-corrected chi connectivity index (χ0v) is 12.1. The lowest BCUT2D eigenvalue weighted by Crippen LogP contribution is -2.37. The average molecular weight is 288 g/mol. The van der Waals surface area contributed by atoms with E-state index in [-0.39, 0.29) is 11.9 Å². The van der Waals surface area contributed by atoms with Gasteiger partial charge in [0.15, 0.2) is 0 Å². The lowest BCUT2D eigenvalue weighted by Gasteiger charge is -2.23. The molecule has 0 spiro atoms. The Balaban J connectivity index is 1.84. The molecule has 2 nitrogen and oxygen atoms in total. The van der Waals surface area contributed by atoms with Crippen LogP contribution in [-0.4, -0.2) is 29.3 Å². The van der Waals surface area contributed by atoms with Gasteiger partial charge in [0, 0.05) is 18.5 Å². The van der Waals surface area contributed by atoms with E-state index in [1.54, 1.807) is 0 Å². The number of fused-ring (bicyclic) bond motifs is 1. The van der Waals surface area contributed by atoms with Crippen molar-refractivity contribution >= 4 is 28.3 Å². The first-order chi connectivity index (χ1) is 9.79. The van der Waals surface area contributed by atoms with Gasteiger partial charge >= 0.3 is 0 Å². The number of carbonyl (C=O) groups is 1. The minimum atomic E-state index is 0.199. The van der Waals surface area contributed by atoms with Crippen LogP contribution in [0.1, 0.15) is 18.4 Å². The number of hydrogen-bond acceptors (Lipinski definition) is 1. The zero-order valence-electron chi connectivity index (χ0n) is 11.4. The Hall–Kier alpha value is -1.54. The van der Waals surface area contributed by atoms with Crippen LogP contribution >= 0.6 is 11.6 Å².